The lowest BCUT2D eigenvalue weighted by atomic mass is 9.84. The molecule has 0 spiro atoms. The first-order valence-corrected chi connectivity index (χ1v) is 18.7. The highest BCUT2D eigenvalue weighted by Gasteiger charge is 2.33. The van der Waals surface area contributed by atoms with E-state index in [0.29, 0.717) is 41.0 Å². The second-order valence-corrected chi connectivity index (χ2v) is 14.7. The standard InChI is InChI=1S/C40H41F3N8O4/c1-55-35-19-32-28(18-33(35)46-38(53)31-3-2-4-36(45-31)40(41,42)43)23-51(48-32)29-8-5-24(6-9-29)22-49-14-11-25(12-15-49)26-7-10-30-27(17-26)20-44-21-34(30)50-16-13-37(52)47-39(50)54/h2-4,7,10,17-21,23-25,29H,5-6,8-9,11-16,22H2,1H3,(H,46,53)(H,47,52,54). The third-order valence-electron chi connectivity index (χ3n) is 11.2. The molecule has 3 aromatic heterocycles. The SMILES string of the molecule is COc1cc2nn(C3CCC(CN4CCC(c5ccc6c(N7CCC(=O)NC7=O)cncc6c5)CC4)CC3)cc2cc1NC(=O)c1cccc(C(F)(F)F)n1. The first-order chi connectivity index (χ1) is 26.5. The van der Waals surface area contributed by atoms with E-state index in [1.807, 2.05) is 17.1 Å². The van der Waals surface area contributed by atoms with Gasteiger partial charge in [0.15, 0.2) is 0 Å². The smallest absolute Gasteiger partial charge is 0.433 e. The van der Waals surface area contributed by atoms with Crippen LogP contribution in [0.25, 0.3) is 21.7 Å². The summed E-state index contributed by atoms with van der Waals surface area (Å²) in [5, 5.41) is 12.6. The minimum atomic E-state index is -4.66. The van der Waals surface area contributed by atoms with Crippen LogP contribution in [0.4, 0.5) is 29.3 Å². The van der Waals surface area contributed by atoms with Crippen LogP contribution in [0.5, 0.6) is 5.75 Å². The van der Waals surface area contributed by atoms with E-state index in [4.69, 9.17) is 9.84 Å². The predicted molar refractivity (Wildman–Crippen MR) is 200 cm³/mol. The molecule has 0 bridgehead atoms. The summed E-state index contributed by atoms with van der Waals surface area (Å²) in [4.78, 5) is 49.1. The molecular formula is C40H41F3N8O4. The Morgan fingerprint density at radius 1 is 0.964 bits per heavy atom. The van der Waals surface area contributed by atoms with Crippen molar-refractivity contribution in [3.05, 3.63) is 84.1 Å². The number of amides is 4. The van der Waals surface area contributed by atoms with E-state index in [0.717, 1.165) is 86.5 Å². The van der Waals surface area contributed by atoms with E-state index in [-0.39, 0.29) is 24.1 Å². The van der Waals surface area contributed by atoms with E-state index in [2.05, 4.69) is 43.7 Å². The molecule has 2 aliphatic heterocycles. The van der Waals surface area contributed by atoms with Gasteiger partial charge in [0.05, 0.1) is 36.2 Å². The highest BCUT2D eigenvalue weighted by Crippen LogP contribution is 2.38. The fourth-order valence-corrected chi connectivity index (χ4v) is 8.28. The number of aromatic nitrogens is 4. The van der Waals surface area contributed by atoms with Crippen LogP contribution in [0.2, 0.25) is 0 Å². The van der Waals surface area contributed by atoms with E-state index in [1.54, 1.807) is 23.2 Å². The van der Waals surface area contributed by atoms with E-state index < -0.39 is 23.8 Å². The first-order valence-electron chi connectivity index (χ1n) is 18.7. The Kier molecular flexibility index (Phi) is 9.88. The Labute approximate surface area is 315 Å². The fourth-order valence-electron chi connectivity index (χ4n) is 8.28. The molecule has 2 saturated heterocycles. The van der Waals surface area contributed by atoms with Crippen LogP contribution in [0.1, 0.15) is 78.7 Å². The number of carbonyl (C=O) groups excluding carboxylic acids is 3. The Hall–Kier alpha value is -5.57. The van der Waals surface area contributed by atoms with Gasteiger partial charge in [0, 0.05) is 54.1 Å². The Balaban J connectivity index is 0.849. The summed E-state index contributed by atoms with van der Waals surface area (Å²) in [5.74, 6) is 0.377. The van der Waals surface area contributed by atoms with E-state index >= 15 is 0 Å². The maximum Gasteiger partial charge on any atom is 0.433 e. The molecule has 8 rings (SSSR count). The van der Waals surface area contributed by atoms with Gasteiger partial charge in [-0.2, -0.15) is 18.3 Å². The van der Waals surface area contributed by atoms with Gasteiger partial charge in [-0.05, 0) is 93.3 Å². The maximum absolute atomic E-state index is 13.2. The summed E-state index contributed by atoms with van der Waals surface area (Å²) in [6.07, 6.45) is 7.43. The minimum Gasteiger partial charge on any atom is -0.494 e. The highest BCUT2D eigenvalue weighted by atomic mass is 19.4. The van der Waals surface area contributed by atoms with Gasteiger partial charge < -0.3 is 15.0 Å². The number of halogens is 3. The van der Waals surface area contributed by atoms with Gasteiger partial charge in [0.2, 0.25) is 5.91 Å². The molecule has 55 heavy (non-hydrogen) atoms. The second kappa shape index (κ2) is 14.9. The zero-order valence-electron chi connectivity index (χ0n) is 30.3. The first kappa shape index (κ1) is 36.4. The number of ether oxygens (including phenoxy) is 1. The van der Waals surface area contributed by atoms with Crippen molar-refractivity contribution in [2.75, 3.05) is 43.5 Å². The number of likely N-dealkylation sites (tertiary alicyclic amines) is 1. The summed E-state index contributed by atoms with van der Waals surface area (Å²) >= 11 is 0. The largest absolute Gasteiger partial charge is 0.494 e. The van der Waals surface area contributed by atoms with Gasteiger partial charge in [-0.25, -0.2) is 9.78 Å². The molecule has 0 atom stereocenters. The molecule has 286 valence electrons. The third kappa shape index (κ3) is 7.70. The van der Waals surface area contributed by atoms with Crippen molar-refractivity contribution in [1.29, 1.82) is 0 Å². The zero-order chi connectivity index (χ0) is 38.3. The quantitative estimate of drug-likeness (QED) is 0.168. The summed E-state index contributed by atoms with van der Waals surface area (Å²) in [6, 6.07) is 12.9. The van der Waals surface area contributed by atoms with Crippen molar-refractivity contribution in [2.45, 2.75) is 63.1 Å². The normalized spacial score (nSPS) is 20.2. The lowest BCUT2D eigenvalue weighted by molar-refractivity contribution is -0.141. The summed E-state index contributed by atoms with van der Waals surface area (Å²) in [6.45, 7) is 3.49. The number of piperidine rings is 1. The molecule has 1 aliphatic carbocycles. The molecule has 15 heteroatoms. The van der Waals surface area contributed by atoms with Gasteiger partial charge in [0.25, 0.3) is 5.91 Å². The van der Waals surface area contributed by atoms with Crippen LogP contribution in [-0.2, 0) is 11.0 Å². The number of imide groups is 1. The highest BCUT2D eigenvalue weighted by molar-refractivity contribution is 6.09. The number of hydrogen-bond acceptors (Lipinski definition) is 8. The van der Waals surface area contributed by atoms with E-state index in [1.165, 1.54) is 18.7 Å². The molecule has 5 heterocycles. The molecular weight excluding hydrogens is 713 g/mol. The topological polar surface area (TPSA) is 135 Å². The predicted octanol–water partition coefficient (Wildman–Crippen LogP) is 7.32. The monoisotopic (exact) mass is 754 g/mol. The number of nitrogens with zero attached hydrogens (tertiary/aromatic N) is 6. The van der Waals surface area contributed by atoms with Crippen molar-refractivity contribution < 1.29 is 32.3 Å². The summed E-state index contributed by atoms with van der Waals surface area (Å²) < 4.78 is 47.0. The van der Waals surface area contributed by atoms with Gasteiger partial charge >= 0.3 is 12.2 Å². The van der Waals surface area contributed by atoms with Crippen LogP contribution in [-0.4, -0.2) is 75.8 Å². The molecule has 3 fully saturated rings. The van der Waals surface area contributed by atoms with Crippen LogP contribution in [0.15, 0.2) is 67.1 Å². The number of nitrogens with one attached hydrogen (secondary N) is 2. The number of fused-ring (bicyclic) bond motifs is 2. The van der Waals surface area contributed by atoms with Crippen molar-refractivity contribution in [3.63, 3.8) is 0 Å². The number of anilines is 2. The van der Waals surface area contributed by atoms with Crippen LogP contribution in [0.3, 0.4) is 0 Å². The number of hydrogen-bond donors (Lipinski definition) is 2. The number of urea groups is 1. The zero-order valence-corrected chi connectivity index (χ0v) is 30.3. The van der Waals surface area contributed by atoms with Crippen LogP contribution >= 0.6 is 0 Å². The van der Waals surface area contributed by atoms with Crippen molar-refractivity contribution in [1.82, 2.24) is 30.0 Å². The molecule has 0 unspecified atom stereocenters. The molecule has 1 saturated carbocycles. The lowest BCUT2D eigenvalue weighted by Gasteiger charge is -2.37. The van der Waals surface area contributed by atoms with Gasteiger partial charge in [0.1, 0.15) is 17.1 Å². The third-order valence-corrected chi connectivity index (χ3v) is 11.2. The fraction of sp³-hybridized carbons (Fsp3) is 0.400. The lowest BCUT2D eigenvalue weighted by Crippen LogP contribution is -2.49. The maximum atomic E-state index is 13.2. The number of methoxy groups -OCH3 is 1. The van der Waals surface area contributed by atoms with Gasteiger partial charge in [-0.15, -0.1) is 0 Å². The molecule has 2 aromatic carbocycles. The number of benzene rings is 2. The van der Waals surface area contributed by atoms with Gasteiger partial charge in [-0.3, -0.25) is 29.5 Å². The molecule has 4 amide bonds. The molecule has 2 N–H and O–H groups in total. The molecule has 5 aromatic rings. The minimum absolute atomic E-state index is 0.238. The van der Waals surface area contributed by atoms with Crippen LogP contribution < -0.4 is 20.3 Å². The molecule has 0 radical (unpaired) electrons. The second-order valence-electron chi connectivity index (χ2n) is 14.7. The Morgan fingerprint density at radius 2 is 1.76 bits per heavy atom. The molecule has 12 nitrogen and oxygen atoms in total. The van der Waals surface area contributed by atoms with Gasteiger partial charge in [-0.1, -0.05) is 18.2 Å². The summed E-state index contributed by atoms with van der Waals surface area (Å²) in [5.41, 5.74) is 1.54. The number of rotatable bonds is 8. The van der Waals surface area contributed by atoms with E-state index in [9.17, 15) is 27.6 Å². The Morgan fingerprint density at radius 3 is 2.51 bits per heavy atom. The number of carbonyl (C=O) groups is 3. The van der Waals surface area contributed by atoms with Crippen molar-refractivity contribution in [2.24, 2.45) is 5.92 Å². The Bertz CT molecular complexity index is 2260. The number of alkyl halides is 3. The van der Waals surface area contributed by atoms with Crippen molar-refractivity contribution >= 4 is 50.9 Å². The average molecular weight is 755 g/mol. The molecule has 3 aliphatic rings. The van der Waals surface area contributed by atoms with Crippen LogP contribution in [0, 0.1) is 5.92 Å². The van der Waals surface area contributed by atoms with Crippen molar-refractivity contribution in [3.8, 4) is 5.75 Å². The number of pyridine rings is 2. The summed E-state index contributed by atoms with van der Waals surface area (Å²) in [7, 11) is 1.46. The average Bonchev–Trinajstić information content (AvgIpc) is 3.60.